The molecule has 0 spiro atoms. The molecule has 0 bridgehead atoms. The van der Waals surface area contributed by atoms with Gasteiger partial charge < -0.3 is 4.55 Å². The Morgan fingerprint density at radius 1 is 1.60 bits per heavy atom. The maximum absolute atomic E-state index is 9.99. The molecule has 0 aromatic carbocycles. The molecule has 10 heavy (non-hydrogen) atoms. The van der Waals surface area contributed by atoms with Gasteiger partial charge in [-0.2, -0.15) is 8.42 Å². The molecule has 0 amide bonds. The van der Waals surface area contributed by atoms with Gasteiger partial charge in [-0.25, -0.2) is 8.39 Å². The minimum absolute atomic E-state index is 1.03. The Hall–Kier alpha value is -0.0200. The summed E-state index contributed by atoms with van der Waals surface area (Å²) in [5.74, 6) is 0. The molecule has 0 aliphatic heterocycles. The summed E-state index contributed by atoms with van der Waals surface area (Å²) in [6.07, 6.45) is 0. The summed E-state index contributed by atoms with van der Waals surface area (Å²) in [7, 11) is -4.62. The van der Waals surface area contributed by atoms with Crippen LogP contribution in [0.4, 0.5) is 0 Å². The van der Waals surface area contributed by atoms with Crippen LogP contribution < -0.4 is 0 Å². The Morgan fingerprint density at radius 3 is 2.10 bits per heavy atom. The van der Waals surface area contributed by atoms with Crippen LogP contribution in [0.5, 0.6) is 0 Å². The van der Waals surface area contributed by atoms with E-state index in [9.17, 15) is 12.6 Å². The molecule has 0 aliphatic rings. The maximum atomic E-state index is 9.99. The number of rotatable bonds is 3. The van der Waals surface area contributed by atoms with Gasteiger partial charge in [-0.05, 0) is 6.92 Å². The van der Waals surface area contributed by atoms with E-state index in [1.165, 1.54) is 0 Å². The van der Waals surface area contributed by atoms with E-state index >= 15 is 0 Å². The average Bonchev–Trinajstić information content (AvgIpc) is 1.60. The third-order valence-electron chi connectivity index (χ3n) is 0.541. The van der Waals surface area contributed by atoms with Gasteiger partial charge in [-0.1, -0.05) is 0 Å². The van der Waals surface area contributed by atoms with E-state index in [0.29, 0.717) is 0 Å². The number of hydrogen-bond donors (Lipinski definition) is 2. The van der Waals surface area contributed by atoms with Crippen molar-refractivity contribution in [1.29, 1.82) is 0 Å². The minimum atomic E-state index is -4.62. The number of hydrogen-bond acceptors (Lipinski definition) is 4. The first-order valence-corrected chi connectivity index (χ1v) is 4.62. The highest BCUT2D eigenvalue weighted by Crippen LogP contribution is 1.98. The van der Waals surface area contributed by atoms with Crippen molar-refractivity contribution in [3.8, 4) is 0 Å². The lowest BCUT2D eigenvalue weighted by atomic mass is 10.9. The van der Waals surface area contributed by atoms with Gasteiger partial charge in [0.1, 0.15) is 0 Å². The van der Waals surface area contributed by atoms with Gasteiger partial charge in [0.05, 0.1) is 0 Å². The first kappa shape index (κ1) is 9.98. The highest BCUT2D eigenvalue weighted by atomic mass is 32.3. The smallest absolute Gasteiger partial charge is 0.304 e. The van der Waals surface area contributed by atoms with Crippen LogP contribution in [0.25, 0.3) is 0 Å². The van der Waals surface area contributed by atoms with E-state index in [-0.39, 0.29) is 0 Å². The predicted molar refractivity (Wildman–Crippen MR) is 32.9 cm³/mol. The molecule has 0 saturated carbocycles. The van der Waals surface area contributed by atoms with Gasteiger partial charge in [-0.3, -0.25) is 4.55 Å². The van der Waals surface area contributed by atoms with Crippen molar-refractivity contribution in [3.63, 3.8) is 0 Å². The highest BCUT2D eigenvalue weighted by Gasteiger charge is 2.16. The zero-order valence-electron chi connectivity index (χ0n) is 4.92. The van der Waals surface area contributed by atoms with Crippen LogP contribution in [0, 0.1) is 0 Å². The van der Waals surface area contributed by atoms with Crippen LogP contribution in [0.1, 0.15) is 6.92 Å². The van der Waals surface area contributed by atoms with Crippen LogP contribution in [-0.2, 0) is 25.7 Å². The SMILES string of the molecule is CC(OS(=O)(=O)O)S(=O)O. The molecule has 0 saturated heterocycles. The summed E-state index contributed by atoms with van der Waals surface area (Å²) in [6, 6.07) is 0. The Labute approximate surface area is 60.4 Å². The van der Waals surface area contributed by atoms with E-state index < -0.39 is 26.9 Å². The highest BCUT2D eigenvalue weighted by molar-refractivity contribution is 7.83. The molecule has 6 nitrogen and oxygen atoms in total. The zero-order valence-corrected chi connectivity index (χ0v) is 6.55. The zero-order chi connectivity index (χ0) is 8.36. The molecule has 0 aliphatic carbocycles. The summed E-state index contributed by atoms with van der Waals surface area (Å²) in [4.78, 5) is 0. The molecule has 0 aromatic heterocycles. The second kappa shape index (κ2) is 3.39. The van der Waals surface area contributed by atoms with Crippen molar-refractivity contribution < 1.29 is 25.9 Å². The summed E-state index contributed by atoms with van der Waals surface area (Å²) in [6.45, 7) is 1.03. The quantitative estimate of drug-likeness (QED) is 0.454. The fourth-order valence-corrected chi connectivity index (χ4v) is 1.11. The third kappa shape index (κ3) is 4.82. The molecular weight excluding hydrogens is 184 g/mol. The third-order valence-corrected chi connectivity index (χ3v) is 1.86. The van der Waals surface area contributed by atoms with Crippen molar-refractivity contribution in [2.24, 2.45) is 0 Å². The summed E-state index contributed by atoms with van der Waals surface area (Å²) < 4.78 is 49.4. The average molecular weight is 190 g/mol. The van der Waals surface area contributed by atoms with Gasteiger partial charge in [0.25, 0.3) is 0 Å². The first-order valence-electron chi connectivity index (χ1n) is 2.08. The van der Waals surface area contributed by atoms with Gasteiger partial charge >= 0.3 is 10.4 Å². The Bertz CT molecular complexity index is 216. The van der Waals surface area contributed by atoms with Crippen molar-refractivity contribution >= 4 is 21.5 Å². The first-order chi connectivity index (χ1) is 4.33. The lowest BCUT2D eigenvalue weighted by Crippen LogP contribution is -2.18. The van der Waals surface area contributed by atoms with E-state index in [0.717, 1.165) is 6.92 Å². The van der Waals surface area contributed by atoms with Gasteiger partial charge in [0.15, 0.2) is 16.5 Å². The molecule has 0 aromatic rings. The van der Waals surface area contributed by atoms with E-state index in [1.54, 1.807) is 0 Å². The van der Waals surface area contributed by atoms with Crippen LogP contribution in [0.15, 0.2) is 0 Å². The van der Waals surface area contributed by atoms with Crippen molar-refractivity contribution in [2.45, 2.75) is 12.4 Å². The van der Waals surface area contributed by atoms with Crippen LogP contribution in [-0.4, -0.2) is 27.2 Å². The molecule has 8 heteroatoms. The monoisotopic (exact) mass is 190 g/mol. The van der Waals surface area contributed by atoms with Crippen LogP contribution in [0.3, 0.4) is 0 Å². The fraction of sp³-hybridized carbons (Fsp3) is 1.00. The lowest BCUT2D eigenvalue weighted by molar-refractivity contribution is 0.249. The lowest BCUT2D eigenvalue weighted by Gasteiger charge is -2.02. The summed E-state index contributed by atoms with van der Waals surface area (Å²) >= 11 is -2.42. The maximum Gasteiger partial charge on any atom is 0.398 e. The van der Waals surface area contributed by atoms with Gasteiger partial charge in [-0.15, -0.1) is 0 Å². The normalized spacial score (nSPS) is 18.3. The van der Waals surface area contributed by atoms with Crippen LogP contribution in [0.2, 0.25) is 0 Å². The molecule has 2 N–H and O–H groups in total. The molecule has 0 rings (SSSR count). The van der Waals surface area contributed by atoms with Gasteiger partial charge in [0.2, 0.25) is 0 Å². The van der Waals surface area contributed by atoms with Crippen molar-refractivity contribution in [3.05, 3.63) is 0 Å². The summed E-state index contributed by atoms with van der Waals surface area (Å²) in [5, 5.41) is 0. The van der Waals surface area contributed by atoms with E-state index in [4.69, 9.17) is 9.11 Å². The molecule has 0 fully saturated rings. The molecule has 2 unspecified atom stereocenters. The van der Waals surface area contributed by atoms with E-state index in [2.05, 4.69) is 4.18 Å². The van der Waals surface area contributed by atoms with Crippen LogP contribution >= 0.6 is 0 Å². The molecular formula is C2H6O6S2. The largest absolute Gasteiger partial charge is 0.398 e. The molecule has 62 valence electrons. The topological polar surface area (TPSA) is 101 Å². The Morgan fingerprint density at radius 2 is 2.00 bits per heavy atom. The second-order valence-corrected chi connectivity index (χ2v) is 3.63. The molecule has 0 heterocycles. The molecule has 2 atom stereocenters. The second-order valence-electron chi connectivity index (χ2n) is 1.37. The Kier molecular flexibility index (Phi) is 3.39. The minimum Gasteiger partial charge on any atom is -0.304 e. The predicted octanol–water partition coefficient (Wildman–Crippen LogP) is -0.626. The molecule has 0 radical (unpaired) electrons. The van der Waals surface area contributed by atoms with E-state index in [1.807, 2.05) is 0 Å². The Balaban J connectivity index is 4.06. The standard InChI is InChI=1S/C2H6O6S2/c1-2(9(3)4)8-10(5,6)7/h2H,1H3,(H,3,4)(H,5,6,7). The van der Waals surface area contributed by atoms with Gasteiger partial charge in [0, 0.05) is 0 Å². The van der Waals surface area contributed by atoms with Crippen molar-refractivity contribution in [1.82, 2.24) is 0 Å². The fourth-order valence-electron chi connectivity index (χ4n) is 0.205. The van der Waals surface area contributed by atoms with Crippen molar-refractivity contribution in [2.75, 3.05) is 0 Å². The summed E-state index contributed by atoms with van der Waals surface area (Å²) in [5.41, 5.74) is -1.45.